The zero-order chi connectivity index (χ0) is 18.6. The van der Waals surface area contributed by atoms with Gasteiger partial charge in [0, 0.05) is 5.38 Å². The molecule has 0 aliphatic heterocycles. The van der Waals surface area contributed by atoms with Crippen LogP contribution in [0.4, 0.5) is 0 Å². The molecule has 0 saturated heterocycles. The van der Waals surface area contributed by atoms with Crippen molar-refractivity contribution >= 4 is 23.1 Å². The molecule has 0 saturated carbocycles. The fourth-order valence-electron chi connectivity index (χ4n) is 2.30. The van der Waals surface area contributed by atoms with Crippen molar-refractivity contribution in [3.8, 4) is 17.2 Å². The van der Waals surface area contributed by atoms with E-state index in [1.165, 1.54) is 11.8 Å². The maximum absolute atomic E-state index is 5.78. The average molecular weight is 400 g/mol. The average Bonchev–Trinajstić information content (AvgIpc) is 3.41. The van der Waals surface area contributed by atoms with Crippen LogP contribution in [0, 0.1) is 13.8 Å². The lowest BCUT2D eigenvalue weighted by atomic mass is 10.1. The molecule has 7 nitrogen and oxygen atoms in total. The van der Waals surface area contributed by atoms with Crippen molar-refractivity contribution in [2.75, 3.05) is 0 Å². The first-order valence-electron chi connectivity index (χ1n) is 8.18. The van der Waals surface area contributed by atoms with Gasteiger partial charge in [-0.3, -0.25) is 0 Å². The Labute approximate surface area is 163 Å². The number of ether oxygens (including phenoxy) is 1. The monoisotopic (exact) mass is 400 g/mol. The van der Waals surface area contributed by atoms with E-state index < -0.39 is 0 Å². The van der Waals surface area contributed by atoms with Crippen LogP contribution in [0.3, 0.4) is 0 Å². The molecule has 138 valence electrons. The Balaban J connectivity index is 1.32. The molecule has 27 heavy (non-hydrogen) atoms. The van der Waals surface area contributed by atoms with Crippen LogP contribution in [0.5, 0.6) is 5.75 Å². The molecule has 4 rings (SSSR count). The fraction of sp³-hybridized carbons (Fsp3) is 0.222. The van der Waals surface area contributed by atoms with E-state index in [1.54, 1.807) is 11.3 Å². The van der Waals surface area contributed by atoms with E-state index in [2.05, 4.69) is 20.3 Å². The van der Waals surface area contributed by atoms with Crippen LogP contribution in [-0.4, -0.2) is 20.3 Å². The van der Waals surface area contributed by atoms with E-state index in [0.717, 1.165) is 22.4 Å². The predicted octanol–water partition coefficient (Wildman–Crippen LogP) is 4.67. The van der Waals surface area contributed by atoms with Gasteiger partial charge in [0.25, 0.3) is 17.0 Å². The van der Waals surface area contributed by atoms with Crippen molar-refractivity contribution in [2.45, 2.75) is 31.4 Å². The van der Waals surface area contributed by atoms with E-state index in [9.17, 15) is 0 Å². The second kappa shape index (κ2) is 7.93. The van der Waals surface area contributed by atoms with Gasteiger partial charge in [-0.2, -0.15) is 16.3 Å². The van der Waals surface area contributed by atoms with E-state index in [4.69, 9.17) is 13.7 Å². The molecular formula is C18H16N4O3S2. The van der Waals surface area contributed by atoms with Crippen molar-refractivity contribution in [2.24, 2.45) is 0 Å². The molecule has 0 aliphatic carbocycles. The summed E-state index contributed by atoms with van der Waals surface area (Å²) < 4.78 is 16.6. The number of rotatable bonds is 7. The van der Waals surface area contributed by atoms with Crippen molar-refractivity contribution in [1.29, 1.82) is 0 Å². The van der Waals surface area contributed by atoms with Crippen LogP contribution in [0.1, 0.15) is 22.8 Å². The summed E-state index contributed by atoms with van der Waals surface area (Å²) in [6, 6.07) is 8.00. The summed E-state index contributed by atoms with van der Waals surface area (Å²) >= 11 is 2.94. The number of nitrogens with zero attached hydrogens (tertiary/aromatic N) is 4. The molecule has 0 aliphatic rings. The quantitative estimate of drug-likeness (QED) is 0.414. The smallest absolute Gasteiger partial charge is 0.277 e. The number of hydrogen-bond acceptors (Lipinski definition) is 9. The van der Waals surface area contributed by atoms with Gasteiger partial charge in [0.1, 0.15) is 5.75 Å². The molecule has 9 heteroatoms. The maximum Gasteiger partial charge on any atom is 0.277 e. The van der Waals surface area contributed by atoms with Gasteiger partial charge in [-0.25, -0.2) is 0 Å². The Hall–Kier alpha value is -2.65. The summed E-state index contributed by atoms with van der Waals surface area (Å²) in [4.78, 5) is 4.36. The van der Waals surface area contributed by atoms with E-state index in [0.29, 0.717) is 28.6 Å². The zero-order valence-corrected chi connectivity index (χ0v) is 16.3. The maximum atomic E-state index is 5.78. The van der Waals surface area contributed by atoms with Crippen molar-refractivity contribution in [3.05, 3.63) is 57.9 Å². The second-order valence-corrected chi connectivity index (χ2v) is 7.54. The highest BCUT2D eigenvalue weighted by molar-refractivity contribution is 7.98. The molecule has 0 fully saturated rings. The molecule has 0 N–H and O–H groups in total. The normalized spacial score (nSPS) is 11.0. The van der Waals surface area contributed by atoms with Gasteiger partial charge in [-0.15, -0.1) is 10.2 Å². The summed E-state index contributed by atoms with van der Waals surface area (Å²) in [5.41, 5.74) is 3.12. The van der Waals surface area contributed by atoms with Gasteiger partial charge < -0.3 is 13.7 Å². The standard InChI is InChI=1S/C18H16N4O3S2/c1-11-3-4-12(2)14(7-11)23-8-16-20-21-18(24-16)27-10-15-19-17(25-22-15)13-5-6-26-9-13/h3-7,9H,8,10H2,1-2H3. The Bertz CT molecular complexity index is 1030. The van der Waals surface area contributed by atoms with Crippen LogP contribution in [0.15, 0.2) is 49.2 Å². The van der Waals surface area contributed by atoms with Crippen molar-refractivity contribution in [3.63, 3.8) is 0 Å². The Morgan fingerprint density at radius 2 is 2.11 bits per heavy atom. The van der Waals surface area contributed by atoms with Crippen LogP contribution < -0.4 is 4.74 Å². The molecule has 1 aromatic carbocycles. The molecular weight excluding hydrogens is 384 g/mol. The molecule has 0 atom stereocenters. The third-order valence-electron chi connectivity index (χ3n) is 3.70. The lowest BCUT2D eigenvalue weighted by Crippen LogP contribution is -1.97. The third kappa shape index (κ3) is 4.37. The van der Waals surface area contributed by atoms with Crippen molar-refractivity contribution < 1.29 is 13.7 Å². The summed E-state index contributed by atoms with van der Waals surface area (Å²) in [6.07, 6.45) is 0. The van der Waals surface area contributed by atoms with E-state index in [1.807, 2.05) is 48.9 Å². The minimum Gasteiger partial charge on any atom is -0.484 e. The number of thiophene rings is 1. The van der Waals surface area contributed by atoms with Gasteiger partial charge in [0.15, 0.2) is 12.4 Å². The number of hydrogen-bond donors (Lipinski definition) is 0. The number of aromatic nitrogens is 4. The predicted molar refractivity (Wildman–Crippen MR) is 102 cm³/mol. The molecule has 3 heterocycles. The molecule has 3 aromatic heterocycles. The molecule has 0 unspecified atom stereocenters. The summed E-state index contributed by atoms with van der Waals surface area (Å²) in [6.45, 7) is 4.25. The molecule has 0 amide bonds. The van der Waals surface area contributed by atoms with E-state index in [-0.39, 0.29) is 6.61 Å². The summed E-state index contributed by atoms with van der Waals surface area (Å²) in [5, 5.41) is 16.4. The molecule has 0 spiro atoms. The first-order chi connectivity index (χ1) is 13.2. The first kappa shape index (κ1) is 17.7. The number of aryl methyl sites for hydroxylation is 2. The number of thioether (sulfide) groups is 1. The molecule has 0 bridgehead atoms. The highest BCUT2D eigenvalue weighted by Gasteiger charge is 2.13. The van der Waals surface area contributed by atoms with Crippen LogP contribution in [-0.2, 0) is 12.4 Å². The zero-order valence-electron chi connectivity index (χ0n) is 14.7. The SMILES string of the molecule is Cc1ccc(C)c(OCc2nnc(SCc3noc(-c4ccsc4)n3)o2)c1. The summed E-state index contributed by atoms with van der Waals surface area (Å²) in [5.74, 6) is 2.81. The molecule has 0 radical (unpaired) electrons. The van der Waals surface area contributed by atoms with Crippen molar-refractivity contribution in [1.82, 2.24) is 20.3 Å². The minimum atomic E-state index is 0.225. The Morgan fingerprint density at radius 1 is 1.19 bits per heavy atom. The lowest BCUT2D eigenvalue weighted by Gasteiger charge is -2.07. The second-order valence-electron chi connectivity index (χ2n) is 5.84. The van der Waals surface area contributed by atoms with Gasteiger partial charge in [-0.05, 0) is 42.5 Å². The lowest BCUT2D eigenvalue weighted by molar-refractivity contribution is 0.250. The summed E-state index contributed by atoms with van der Waals surface area (Å²) in [7, 11) is 0. The van der Waals surface area contributed by atoms with E-state index >= 15 is 0 Å². The van der Waals surface area contributed by atoms with Gasteiger partial charge in [-0.1, -0.05) is 29.1 Å². The van der Waals surface area contributed by atoms with Crippen LogP contribution in [0.2, 0.25) is 0 Å². The highest BCUT2D eigenvalue weighted by Crippen LogP contribution is 2.25. The van der Waals surface area contributed by atoms with Gasteiger partial charge in [0.05, 0.1) is 11.3 Å². The topological polar surface area (TPSA) is 87.1 Å². The first-order valence-corrected chi connectivity index (χ1v) is 10.1. The Morgan fingerprint density at radius 3 is 2.96 bits per heavy atom. The third-order valence-corrected chi connectivity index (χ3v) is 5.20. The number of benzene rings is 1. The largest absolute Gasteiger partial charge is 0.484 e. The van der Waals surface area contributed by atoms with Crippen LogP contribution in [0.25, 0.3) is 11.5 Å². The van der Waals surface area contributed by atoms with Gasteiger partial charge in [0.2, 0.25) is 0 Å². The highest BCUT2D eigenvalue weighted by atomic mass is 32.2. The minimum absolute atomic E-state index is 0.225. The van der Waals surface area contributed by atoms with Gasteiger partial charge >= 0.3 is 0 Å². The fourth-order valence-corrected chi connectivity index (χ4v) is 3.55. The van der Waals surface area contributed by atoms with Crippen LogP contribution >= 0.6 is 23.1 Å². The molecule has 4 aromatic rings. The Kier molecular flexibility index (Phi) is 5.21.